The summed E-state index contributed by atoms with van der Waals surface area (Å²) in [5.74, 6) is -2.06. The van der Waals surface area contributed by atoms with Gasteiger partial charge in [-0.15, -0.1) is 0 Å². The minimum atomic E-state index is -1.34. The number of Topliss-reactive ketones (excluding diaryl/α,β-unsaturated/α-hetero) is 1. The number of rotatable bonds is 7. The zero-order chi connectivity index (χ0) is 28.3. The molecule has 12 heteroatoms. The summed E-state index contributed by atoms with van der Waals surface area (Å²) < 4.78 is 15.4. The van der Waals surface area contributed by atoms with Crippen molar-refractivity contribution < 1.29 is 38.3 Å². The molecule has 0 saturated carbocycles. The fourth-order valence-corrected chi connectivity index (χ4v) is 3.91. The van der Waals surface area contributed by atoms with E-state index in [9.17, 15) is 24.3 Å². The van der Waals surface area contributed by atoms with Crippen molar-refractivity contribution in [1.82, 2.24) is 5.16 Å². The molecular formula is C27H20N4O8. The van der Waals surface area contributed by atoms with Gasteiger partial charge in [-0.25, -0.2) is 9.59 Å². The summed E-state index contributed by atoms with van der Waals surface area (Å²) in [4.78, 5) is 49.2. The smallest absolute Gasteiger partial charge is 0.411 e. The van der Waals surface area contributed by atoms with Crippen molar-refractivity contribution in [3.63, 3.8) is 0 Å². The van der Waals surface area contributed by atoms with Gasteiger partial charge in [-0.05, 0) is 61.0 Å². The average molecular weight is 528 g/mol. The van der Waals surface area contributed by atoms with Gasteiger partial charge in [0.15, 0.2) is 17.1 Å². The summed E-state index contributed by atoms with van der Waals surface area (Å²) >= 11 is 0. The van der Waals surface area contributed by atoms with E-state index in [0.717, 1.165) is 6.07 Å². The van der Waals surface area contributed by atoms with Crippen molar-refractivity contribution in [3.05, 3.63) is 70.9 Å². The van der Waals surface area contributed by atoms with E-state index in [1.54, 1.807) is 18.2 Å². The molecule has 0 radical (unpaired) electrons. The van der Waals surface area contributed by atoms with E-state index < -0.39 is 18.0 Å². The number of benzene rings is 3. The number of methoxy groups -OCH3 is 2. The summed E-state index contributed by atoms with van der Waals surface area (Å²) in [6.07, 6.45) is -0.699. The summed E-state index contributed by atoms with van der Waals surface area (Å²) in [5.41, 5.74) is 1.11. The second-order valence-corrected chi connectivity index (χ2v) is 8.14. The molecule has 3 aromatic carbocycles. The monoisotopic (exact) mass is 528 g/mol. The second kappa shape index (κ2) is 10.7. The zero-order valence-corrected chi connectivity index (χ0v) is 20.8. The van der Waals surface area contributed by atoms with Crippen molar-refractivity contribution in [3.8, 4) is 22.9 Å². The Morgan fingerprint density at radius 2 is 1.74 bits per heavy atom. The fraction of sp³-hybridized carbons (Fsp3) is 0.111. The van der Waals surface area contributed by atoms with Crippen LogP contribution in [0.5, 0.6) is 5.75 Å². The molecule has 1 aromatic heterocycles. The topological polar surface area (TPSA) is 181 Å². The maximum Gasteiger partial charge on any atom is 0.411 e. The number of nitrogens with one attached hydrogen (secondary N) is 2. The lowest BCUT2D eigenvalue weighted by Crippen LogP contribution is -2.15. The first-order chi connectivity index (χ1) is 18.7. The van der Waals surface area contributed by atoms with E-state index in [4.69, 9.17) is 14.5 Å². The molecule has 0 aliphatic carbocycles. The van der Waals surface area contributed by atoms with Crippen LogP contribution in [0.25, 0.3) is 22.1 Å². The molecule has 0 unspecified atom stereocenters. The van der Waals surface area contributed by atoms with E-state index in [2.05, 4.69) is 20.5 Å². The average Bonchev–Trinajstić information content (AvgIpc) is 3.35. The number of ketones is 1. The highest BCUT2D eigenvalue weighted by Crippen LogP contribution is 2.38. The van der Waals surface area contributed by atoms with Crippen LogP contribution in [0.3, 0.4) is 0 Å². The van der Waals surface area contributed by atoms with Crippen LogP contribution in [0, 0.1) is 11.3 Å². The lowest BCUT2D eigenvalue weighted by atomic mass is 9.94. The van der Waals surface area contributed by atoms with Gasteiger partial charge in [0.05, 0.1) is 42.5 Å². The maximum absolute atomic E-state index is 13.2. The summed E-state index contributed by atoms with van der Waals surface area (Å²) in [5, 5.41) is 27.7. The number of nitrogens with zero attached hydrogens (tertiary/aromatic N) is 2. The van der Waals surface area contributed by atoms with Crippen molar-refractivity contribution in [2.24, 2.45) is 0 Å². The Balaban J connectivity index is 1.84. The number of aromatic carboxylic acids is 1. The Bertz CT molecular complexity index is 1700. The van der Waals surface area contributed by atoms with Crippen LogP contribution in [0.1, 0.15) is 43.7 Å². The van der Waals surface area contributed by atoms with Crippen LogP contribution in [0.2, 0.25) is 0 Å². The van der Waals surface area contributed by atoms with Gasteiger partial charge in [-0.2, -0.15) is 5.26 Å². The number of anilines is 2. The van der Waals surface area contributed by atoms with Crippen molar-refractivity contribution in [2.45, 2.75) is 6.92 Å². The lowest BCUT2D eigenvalue weighted by molar-refractivity contribution is 0.0697. The van der Waals surface area contributed by atoms with Crippen LogP contribution in [-0.4, -0.2) is 48.2 Å². The van der Waals surface area contributed by atoms with E-state index in [-0.39, 0.29) is 44.8 Å². The molecule has 0 spiro atoms. The molecule has 39 heavy (non-hydrogen) atoms. The number of amides is 2. The minimum absolute atomic E-state index is 0.0496. The van der Waals surface area contributed by atoms with Crippen LogP contribution in [-0.2, 0) is 4.74 Å². The lowest BCUT2D eigenvalue weighted by Gasteiger charge is -2.14. The molecule has 2 amide bonds. The first-order valence-electron chi connectivity index (χ1n) is 11.2. The number of hydrogen-bond acceptors (Lipinski definition) is 9. The predicted molar refractivity (Wildman–Crippen MR) is 138 cm³/mol. The first-order valence-corrected chi connectivity index (χ1v) is 11.2. The highest BCUT2D eigenvalue weighted by Gasteiger charge is 2.23. The zero-order valence-electron chi connectivity index (χ0n) is 20.8. The number of carboxylic acid groups (broad SMARTS) is 1. The first kappa shape index (κ1) is 26.4. The third kappa shape index (κ3) is 5.23. The van der Waals surface area contributed by atoms with Gasteiger partial charge in [0.25, 0.3) is 5.91 Å². The fourth-order valence-electron chi connectivity index (χ4n) is 3.91. The molecule has 0 aliphatic rings. The van der Waals surface area contributed by atoms with Crippen molar-refractivity contribution in [1.29, 1.82) is 5.26 Å². The normalized spacial score (nSPS) is 10.4. The quantitative estimate of drug-likeness (QED) is 0.284. The summed E-state index contributed by atoms with van der Waals surface area (Å²) in [6, 6.07) is 13.3. The van der Waals surface area contributed by atoms with E-state index >= 15 is 0 Å². The highest BCUT2D eigenvalue weighted by molar-refractivity contribution is 6.14. The molecule has 196 valence electrons. The maximum atomic E-state index is 13.2. The molecular weight excluding hydrogens is 508 g/mol. The van der Waals surface area contributed by atoms with Crippen LogP contribution in [0.15, 0.2) is 53.1 Å². The molecule has 1 heterocycles. The van der Waals surface area contributed by atoms with Gasteiger partial charge in [0, 0.05) is 16.8 Å². The van der Waals surface area contributed by atoms with Crippen LogP contribution < -0.4 is 15.4 Å². The number of nitriles is 1. The molecule has 0 saturated heterocycles. The number of carbonyl (C=O) groups is 4. The predicted octanol–water partition coefficient (Wildman–Crippen LogP) is 4.71. The van der Waals surface area contributed by atoms with Crippen molar-refractivity contribution in [2.75, 3.05) is 24.9 Å². The number of hydrogen-bond donors (Lipinski definition) is 3. The third-order valence-electron chi connectivity index (χ3n) is 5.75. The molecule has 0 bridgehead atoms. The Morgan fingerprint density at radius 3 is 2.38 bits per heavy atom. The molecule has 3 N–H and O–H groups in total. The number of aromatic nitrogens is 1. The Hall–Kier alpha value is -5.70. The number of carbonyl (C=O) groups excluding carboxylic acids is 3. The largest absolute Gasteiger partial charge is 0.496 e. The van der Waals surface area contributed by atoms with Gasteiger partial charge < -0.3 is 24.4 Å². The molecule has 0 fully saturated rings. The van der Waals surface area contributed by atoms with Gasteiger partial charge in [0.2, 0.25) is 0 Å². The van der Waals surface area contributed by atoms with E-state index in [0.29, 0.717) is 22.6 Å². The molecule has 12 nitrogen and oxygen atoms in total. The number of ether oxygens (including phenoxy) is 2. The van der Waals surface area contributed by atoms with Gasteiger partial charge in [-0.3, -0.25) is 14.9 Å². The highest BCUT2D eigenvalue weighted by atomic mass is 16.5. The van der Waals surface area contributed by atoms with Crippen molar-refractivity contribution >= 4 is 46.1 Å². The Morgan fingerprint density at radius 1 is 0.974 bits per heavy atom. The minimum Gasteiger partial charge on any atom is -0.496 e. The Labute approximate surface area is 220 Å². The van der Waals surface area contributed by atoms with E-state index in [1.165, 1.54) is 45.4 Å². The molecule has 0 aliphatic heterocycles. The molecule has 4 rings (SSSR count). The van der Waals surface area contributed by atoms with E-state index in [1.807, 2.05) is 6.07 Å². The third-order valence-corrected chi connectivity index (χ3v) is 5.75. The molecule has 4 aromatic rings. The summed E-state index contributed by atoms with van der Waals surface area (Å²) in [7, 11) is 2.66. The second-order valence-electron chi connectivity index (χ2n) is 8.14. The van der Waals surface area contributed by atoms with Gasteiger partial charge in [0.1, 0.15) is 5.75 Å². The van der Waals surface area contributed by atoms with Crippen LogP contribution in [0.4, 0.5) is 16.2 Å². The Kier molecular flexibility index (Phi) is 7.26. The summed E-state index contributed by atoms with van der Waals surface area (Å²) in [6.45, 7) is 1.36. The number of fused-ring (bicyclic) bond motifs is 1. The number of carboxylic acids is 1. The standard InChI is InChI=1S/C27H20N4O8/c1-13(32)16-11-23-20(10-17(16)18-9-15(29-27(36)38-3)5-7-22(18)37-2)24(31-39-23)25(33)30-21-6-4-14(12-28)8-19(21)26(34)35/h4-11H,1-3H3,(H,29,36)(H,30,33)(H,34,35). The SMILES string of the molecule is COC(=O)Nc1ccc(OC)c(-c2cc3c(C(=O)Nc4ccc(C#N)cc4C(=O)O)noc3cc2C(C)=O)c1. The molecule has 0 atom stereocenters. The van der Waals surface area contributed by atoms with Crippen LogP contribution >= 0.6 is 0 Å². The van der Waals surface area contributed by atoms with Gasteiger partial charge >= 0.3 is 12.1 Å². The van der Waals surface area contributed by atoms with Gasteiger partial charge in [-0.1, -0.05) is 5.16 Å².